The Morgan fingerprint density at radius 1 is 1.50 bits per heavy atom. The van der Waals surface area contributed by atoms with Crippen molar-refractivity contribution in [1.29, 1.82) is 0 Å². The van der Waals surface area contributed by atoms with Crippen LogP contribution in [0.25, 0.3) is 0 Å². The number of carbonyl (C=O) groups is 1. The number of nitrogens with one attached hydrogen (secondary N) is 1. The van der Waals surface area contributed by atoms with Gasteiger partial charge in [0.05, 0.1) is 0 Å². The van der Waals surface area contributed by atoms with Gasteiger partial charge in [0.1, 0.15) is 0 Å². The van der Waals surface area contributed by atoms with Crippen LogP contribution >= 0.6 is 19.4 Å². The van der Waals surface area contributed by atoms with Crippen LogP contribution in [0.1, 0.15) is 25.3 Å². The predicted octanol–water partition coefficient (Wildman–Crippen LogP) is 3.50. The third kappa shape index (κ3) is 5.20. The van der Waals surface area contributed by atoms with Crippen LogP contribution in [-0.2, 0) is 18.3 Å². The molecule has 1 aromatic carbocycles. The molecule has 0 fully saturated rings. The molecule has 1 rings (SSSR count). The van der Waals surface area contributed by atoms with Gasteiger partial charge in [0.25, 0.3) is 0 Å². The van der Waals surface area contributed by atoms with Crippen molar-refractivity contribution in [2.45, 2.75) is 19.8 Å². The predicted molar refractivity (Wildman–Crippen MR) is 66.9 cm³/mol. The second kappa shape index (κ2) is 7.16. The fourth-order valence-electron chi connectivity index (χ4n) is 1.22. The molecule has 0 bridgehead atoms. The monoisotopic (exact) mass is 347 g/mol. The Hall–Kier alpha value is -0.237. The molecule has 16 heavy (non-hydrogen) atoms. The summed E-state index contributed by atoms with van der Waals surface area (Å²) in [5.41, 5.74) is 1.74. The molecular weight excluding hydrogens is 334 g/mol. The molecule has 0 radical (unpaired) electrons. The van der Waals surface area contributed by atoms with Crippen LogP contribution in [0.3, 0.4) is 0 Å². The average Bonchev–Trinajstić information content (AvgIpc) is 2.17. The molecule has 0 aliphatic carbocycles. The summed E-state index contributed by atoms with van der Waals surface area (Å²) in [7, 11) is 11.6. The number of benzene rings is 1. The molecule has 0 spiro atoms. The Kier molecular flexibility index (Phi) is 6.19. The van der Waals surface area contributed by atoms with Gasteiger partial charge in [0, 0.05) is 0 Å². The first kappa shape index (κ1) is 13.8. The third-order valence-electron chi connectivity index (χ3n) is 1.84. The quantitative estimate of drug-likeness (QED) is 0.830. The van der Waals surface area contributed by atoms with Crippen molar-refractivity contribution in [3.63, 3.8) is 0 Å². The van der Waals surface area contributed by atoms with E-state index in [9.17, 15) is 4.79 Å². The minimum atomic E-state index is -1.80. The Bertz CT molecular complexity index is 403. The fourth-order valence-corrected chi connectivity index (χ4v) is 3.02. The zero-order chi connectivity index (χ0) is 12.0. The first-order valence-corrected chi connectivity index (χ1v) is 10.3. The maximum absolute atomic E-state index is 11.4. The van der Waals surface area contributed by atoms with Crippen molar-refractivity contribution >= 4 is 35.6 Å². The van der Waals surface area contributed by atoms with Gasteiger partial charge in [0.15, 0.2) is 0 Å². The standard InChI is InChI=1S/C11H13NO.2ClH.Ru/c1-3-5-11(13)12-10-7-4-6-9(2)8-10;;;/h2,4,6-8H,3,5H2,1H3,(H,12,13);2*1H;/q;;;+2/p-2. The van der Waals surface area contributed by atoms with Crippen molar-refractivity contribution < 1.29 is 18.3 Å². The molecule has 1 aromatic rings. The van der Waals surface area contributed by atoms with Crippen LogP contribution < -0.4 is 5.32 Å². The molecule has 0 saturated heterocycles. The topological polar surface area (TPSA) is 29.1 Å². The minimum absolute atomic E-state index is 0.0329. The fraction of sp³-hybridized carbons (Fsp3) is 0.273. The average molecular weight is 347 g/mol. The molecule has 2 nitrogen and oxygen atoms in total. The van der Waals surface area contributed by atoms with Crippen molar-refractivity contribution in [1.82, 2.24) is 0 Å². The molecule has 0 aliphatic rings. The van der Waals surface area contributed by atoms with Crippen LogP contribution in [0.4, 0.5) is 5.69 Å². The molecule has 0 saturated carbocycles. The molecule has 0 heterocycles. The second-order valence-electron chi connectivity index (χ2n) is 3.23. The molecule has 0 aliphatic heterocycles. The Morgan fingerprint density at radius 2 is 2.25 bits per heavy atom. The summed E-state index contributed by atoms with van der Waals surface area (Å²) in [5, 5.41) is 2.83. The summed E-state index contributed by atoms with van der Waals surface area (Å²) in [6.07, 6.45) is 1.38. The van der Waals surface area contributed by atoms with Crippen LogP contribution in [0.15, 0.2) is 24.3 Å². The summed E-state index contributed by atoms with van der Waals surface area (Å²) >= 11 is -1.80. The van der Waals surface area contributed by atoms with E-state index < -0.39 is 13.5 Å². The Balaban J connectivity index is 2.75. The number of hydrogen-bond donors (Lipinski definition) is 1. The zero-order valence-electron chi connectivity index (χ0n) is 8.82. The molecule has 0 aromatic heterocycles. The first-order valence-electron chi connectivity index (χ1n) is 4.85. The number of rotatable bonds is 4. The van der Waals surface area contributed by atoms with E-state index in [2.05, 4.69) is 5.32 Å². The van der Waals surface area contributed by atoms with E-state index in [0.29, 0.717) is 6.42 Å². The van der Waals surface area contributed by atoms with Gasteiger partial charge in [0.2, 0.25) is 0 Å². The summed E-state index contributed by atoms with van der Waals surface area (Å²) in [5.74, 6) is 0.0329. The summed E-state index contributed by atoms with van der Waals surface area (Å²) in [6, 6.07) is 7.52. The molecule has 1 amide bonds. The van der Waals surface area contributed by atoms with Gasteiger partial charge in [-0.25, -0.2) is 0 Å². The molecular formula is C11H13Cl2NORu. The zero-order valence-corrected chi connectivity index (χ0v) is 12.1. The molecule has 0 unspecified atom stereocenters. The van der Waals surface area contributed by atoms with Gasteiger partial charge in [-0.3, -0.25) is 0 Å². The molecule has 1 N–H and O–H groups in total. The van der Waals surface area contributed by atoms with E-state index in [0.717, 1.165) is 17.7 Å². The van der Waals surface area contributed by atoms with Gasteiger partial charge in [-0.15, -0.1) is 0 Å². The van der Waals surface area contributed by atoms with E-state index in [1.165, 1.54) is 0 Å². The van der Waals surface area contributed by atoms with Crippen LogP contribution in [-0.4, -0.2) is 10.5 Å². The van der Waals surface area contributed by atoms with Gasteiger partial charge in [-0.2, -0.15) is 0 Å². The van der Waals surface area contributed by atoms with E-state index in [1.54, 1.807) is 0 Å². The number of anilines is 1. The van der Waals surface area contributed by atoms with Crippen molar-refractivity contribution in [3.05, 3.63) is 29.8 Å². The normalized spacial score (nSPS) is 10.8. The summed E-state index contributed by atoms with van der Waals surface area (Å²) in [6.45, 7) is 1.97. The molecule has 0 atom stereocenters. The third-order valence-corrected chi connectivity index (χ3v) is 3.71. The van der Waals surface area contributed by atoms with Gasteiger partial charge >= 0.3 is 109 Å². The number of carbonyl (C=O) groups excluding carboxylic acids is 1. The van der Waals surface area contributed by atoms with Crippen LogP contribution in [0.2, 0.25) is 0 Å². The Morgan fingerprint density at radius 3 is 2.88 bits per heavy atom. The summed E-state index contributed by atoms with van der Waals surface area (Å²) < 4.78 is 1.85. The Labute approximate surface area is 108 Å². The number of hydrogen-bond acceptors (Lipinski definition) is 1. The van der Waals surface area contributed by atoms with Gasteiger partial charge < -0.3 is 0 Å². The van der Waals surface area contributed by atoms with E-state index >= 15 is 0 Å². The van der Waals surface area contributed by atoms with Gasteiger partial charge in [-0.05, 0) is 0 Å². The first-order chi connectivity index (χ1) is 7.61. The number of halogens is 2. The van der Waals surface area contributed by atoms with Crippen molar-refractivity contribution in [2.75, 3.05) is 5.32 Å². The summed E-state index contributed by atoms with van der Waals surface area (Å²) in [4.78, 5) is 11.4. The second-order valence-corrected chi connectivity index (χ2v) is 8.96. The molecule has 90 valence electrons. The SMILES string of the molecule is CCCC(=O)Nc1cccc([CH]=[Ru]([Cl])[Cl])c1. The van der Waals surface area contributed by atoms with Crippen LogP contribution in [0.5, 0.6) is 0 Å². The van der Waals surface area contributed by atoms with Crippen LogP contribution in [0, 0.1) is 0 Å². The number of amides is 1. The van der Waals surface area contributed by atoms with E-state index in [1.807, 2.05) is 35.8 Å². The van der Waals surface area contributed by atoms with Gasteiger partial charge in [-0.1, -0.05) is 0 Å². The molecule has 5 heteroatoms. The maximum atomic E-state index is 11.4. The van der Waals surface area contributed by atoms with Crippen molar-refractivity contribution in [3.8, 4) is 0 Å². The van der Waals surface area contributed by atoms with Crippen molar-refractivity contribution in [2.24, 2.45) is 0 Å². The van der Waals surface area contributed by atoms with E-state index in [4.69, 9.17) is 19.4 Å². The van der Waals surface area contributed by atoms with E-state index in [-0.39, 0.29) is 5.91 Å².